The van der Waals surface area contributed by atoms with Crippen molar-refractivity contribution in [1.82, 2.24) is 0 Å². The molecule has 1 saturated carbocycles. The second-order valence-electron chi connectivity index (χ2n) is 5.87. The molecule has 0 saturated heterocycles. The number of hydrogen-bond donors (Lipinski definition) is 2. The summed E-state index contributed by atoms with van der Waals surface area (Å²) in [4.78, 5) is 2.55. The Morgan fingerprint density at radius 1 is 1.19 bits per heavy atom. The van der Waals surface area contributed by atoms with Crippen molar-refractivity contribution in [3.05, 3.63) is 42.0 Å². The van der Waals surface area contributed by atoms with Crippen molar-refractivity contribution in [2.45, 2.75) is 38.6 Å². The minimum absolute atomic E-state index is 0.143. The van der Waals surface area contributed by atoms with Gasteiger partial charge in [0.05, 0.1) is 0 Å². The molecule has 0 atom stereocenters. The first-order valence-electron chi connectivity index (χ1n) is 7.85. The highest BCUT2D eigenvalue weighted by Gasteiger charge is 2.29. The molecule has 0 amide bonds. The zero-order valence-corrected chi connectivity index (χ0v) is 12.6. The number of hydrogen-bond acceptors (Lipinski definition) is 2. The number of nitrogens with two attached hydrogens (primary N) is 1. The fourth-order valence-corrected chi connectivity index (χ4v) is 2.98. The zero-order valence-electron chi connectivity index (χ0n) is 12.6. The van der Waals surface area contributed by atoms with Crippen molar-refractivity contribution >= 4 is 22.3 Å². The molecule has 0 bridgehead atoms. The molecule has 0 aromatic heterocycles. The smallest absolute Gasteiger partial charge is 0.123 e. The lowest BCUT2D eigenvalue weighted by atomic mass is 10.0. The third-order valence-corrected chi connectivity index (χ3v) is 4.24. The molecule has 0 spiro atoms. The molecule has 0 radical (unpaired) electrons. The summed E-state index contributed by atoms with van der Waals surface area (Å²) in [5, 5.41) is 10.1. The number of amidine groups is 1. The lowest BCUT2D eigenvalue weighted by Crippen LogP contribution is -2.27. The van der Waals surface area contributed by atoms with E-state index in [2.05, 4.69) is 36.1 Å². The Morgan fingerprint density at radius 2 is 1.90 bits per heavy atom. The van der Waals surface area contributed by atoms with E-state index in [1.807, 2.05) is 12.1 Å². The number of rotatable bonds is 6. The minimum Gasteiger partial charge on any atom is -0.384 e. The average molecular weight is 281 g/mol. The predicted molar refractivity (Wildman–Crippen MR) is 90.2 cm³/mol. The van der Waals surface area contributed by atoms with Crippen molar-refractivity contribution in [2.24, 2.45) is 5.73 Å². The molecule has 0 unspecified atom stereocenters. The van der Waals surface area contributed by atoms with Crippen molar-refractivity contribution < 1.29 is 0 Å². The summed E-state index contributed by atoms with van der Waals surface area (Å²) >= 11 is 0. The van der Waals surface area contributed by atoms with E-state index < -0.39 is 0 Å². The lowest BCUT2D eigenvalue weighted by Gasteiger charge is -2.26. The summed E-state index contributed by atoms with van der Waals surface area (Å²) < 4.78 is 0. The van der Waals surface area contributed by atoms with Crippen LogP contribution in [0.3, 0.4) is 0 Å². The van der Waals surface area contributed by atoms with Crippen LogP contribution in [0.1, 0.15) is 38.2 Å². The van der Waals surface area contributed by atoms with Crippen LogP contribution in [-0.2, 0) is 0 Å². The molecule has 2 aromatic carbocycles. The molecule has 3 nitrogen and oxygen atoms in total. The number of benzene rings is 2. The van der Waals surface area contributed by atoms with Gasteiger partial charge in [-0.25, -0.2) is 0 Å². The minimum atomic E-state index is 0.143. The summed E-state index contributed by atoms with van der Waals surface area (Å²) in [5.41, 5.74) is 7.86. The zero-order chi connectivity index (χ0) is 14.8. The van der Waals surface area contributed by atoms with Gasteiger partial charge in [0.1, 0.15) is 5.84 Å². The first-order valence-corrected chi connectivity index (χ1v) is 7.85. The Kier molecular flexibility index (Phi) is 3.82. The van der Waals surface area contributed by atoms with Gasteiger partial charge >= 0.3 is 0 Å². The van der Waals surface area contributed by atoms with Gasteiger partial charge in [0.15, 0.2) is 0 Å². The topological polar surface area (TPSA) is 53.1 Å². The van der Waals surface area contributed by atoms with Crippen molar-refractivity contribution in [1.29, 1.82) is 5.41 Å². The molecule has 3 N–H and O–H groups in total. The first kappa shape index (κ1) is 13.9. The second kappa shape index (κ2) is 5.76. The van der Waals surface area contributed by atoms with Gasteiger partial charge < -0.3 is 10.6 Å². The number of unbranched alkanes of at least 4 members (excludes halogenated alkanes) is 1. The largest absolute Gasteiger partial charge is 0.384 e. The summed E-state index contributed by atoms with van der Waals surface area (Å²) in [5.74, 6) is 0.143. The highest BCUT2D eigenvalue weighted by atomic mass is 15.2. The van der Waals surface area contributed by atoms with Crippen LogP contribution in [-0.4, -0.2) is 18.4 Å². The summed E-state index contributed by atoms with van der Waals surface area (Å²) in [6.45, 7) is 3.35. The molecule has 2 aromatic rings. The van der Waals surface area contributed by atoms with Gasteiger partial charge in [0.2, 0.25) is 0 Å². The molecule has 3 rings (SSSR count). The predicted octanol–water partition coefficient (Wildman–Crippen LogP) is 3.89. The van der Waals surface area contributed by atoms with E-state index >= 15 is 0 Å². The Balaban J connectivity index is 2.09. The third-order valence-electron chi connectivity index (χ3n) is 4.24. The monoisotopic (exact) mass is 281 g/mol. The van der Waals surface area contributed by atoms with Crippen LogP contribution >= 0.6 is 0 Å². The second-order valence-corrected chi connectivity index (χ2v) is 5.87. The molecule has 21 heavy (non-hydrogen) atoms. The fourth-order valence-electron chi connectivity index (χ4n) is 2.98. The number of nitrogens with zero attached hydrogens (tertiary/aromatic N) is 1. The van der Waals surface area contributed by atoms with Crippen LogP contribution in [0.4, 0.5) is 5.69 Å². The molecule has 0 aliphatic heterocycles. The maximum atomic E-state index is 7.77. The number of anilines is 1. The maximum absolute atomic E-state index is 7.77. The number of nitrogens with one attached hydrogen (secondary N) is 1. The quantitative estimate of drug-likeness (QED) is 0.623. The normalized spacial score (nSPS) is 14.3. The third kappa shape index (κ3) is 2.73. The van der Waals surface area contributed by atoms with Crippen LogP contribution in [0, 0.1) is 5.41 Å². The van der Waals surface area contributed by atoms with Crippen LogP contribution in [0.2, 0.25) is 0 Å². The van der Waals surface area contributed by atoms with E-state index in [0.717, 1.165) is 17.5 Å². The van der Waals surface area contributed by atoms with Crippen molar-refractivity contribution in [3.8, 4) is 0 Å². The van der Waals surface area contributed by atoms with Crippen LogP contribution in [0.15, 0.2) is 36.4 Å². The van der Waals surface area contributed by atoms with Crippen LogP contribution in [0.5, 0.6) is 0 Å². The Labute approximate surface area is 126 Å². The molecule has 1 aliphatic rings. The summed E-state index contributed by atoms with van der Waals surface area (Å²) in [6.07, 6.45) is 5.03. The molecule has 3 heteroatoms. The highest BCUT2D eigenvalue weighted by Crippen LogP contribution is 2.37. The summed E-state index contributed by atoms with van der Waals surface area (Å²) in [7, 11) is 0. The molecule has 1 aliphatic carbocycles. The van der Waals surface area contributed by atoms with E-state index in [1.54, 1.807) is 0 Å². The number of fused-ring (bicyclic) bond motifs is 1. The SMILES string of the molecule is CCCCN(c1ccc(C(=N)N)c2ccccc12)C1CC1. The van der Waals surface area contributed by atoms with E-state index in [1.165, 1.54) is 36.8 Å². The van der Waals surface area contributed by atoms with E-state index in [9.17, 15) is 0 Å². The summed E-state index contributed by atoms with van der Waals surface area (Å²) in [6, 6.07) is 13.2. The van der Waals surface area contributed by atoms with Crippen LogP contribution < -0.4 is 10.6 Å². The van der Waals surface area contributed by atoms with Gasteiger partial charge in [-0.15, -0.1) is 0 Å². The molecular formula is C18H23N3. The van der Waals surface area contributed by atoms with E-state index in [4.69, 9.17) is 11.1 Å². The van der Waals surface area contributed by atoms with E-state index in [0.29, 0.717) is 6.04 Å². The van der Waals surface area contributed by atoms with E-state index in [-0.39, 0.29) is 5.84 Å². The first-order chi connectivity index (χ1) is 10.2. The van der Waals surface area contributed by atoms with Gasteiger partial charge in [-0.3, -0.25) is 5.41 Å². The highest BCUT2D eigenvalue weighted by molar-refractivity contribution is 6.10. The van der Waals surface area contributed by atoms with Gasteiger partial charge in [0, 0.05) is 29.2 Å². The molecule has 1 fully saturated rings. The van der Waals surface area contributed by atoms with Gasteiger partial charge in [-0.2, -0.15) is 0 Å². The number of nitrogen functional groups attached to an aromatic ring is 1. The van der Waals surface area contributed by atoms with Gasteiger partial charge in [-0.1, -0.05) is 37.6 Å². The molecule has 0 heterocycles. The maximum Gasteiger partial charge on any atom is 0.123 e. The Hall–Kier alpha value is -2.03. The van der Waals surface area contributed by atoms with Crippen molar-refractivity contribution in [3.63, 3.8) is 0 Å². The Morgan fingerprint density at radius 3 is 2.52 bits per heavy atom. The van der Waals surface area contributed by atoms with Crippen molar-refractivity contribution in [2.75, 3.05) is 11.4 Å². The average Bonchev–Trinajstić information content (AvgIpc) is 3.32. The standard InChI is InChI=1S/C18H23N3/c1-2-3-12-21(13-8-9-13)17-11-10-16(18(19)20)14-6-4-5-7-15(14)17/h4-7,10-11,13H,2-3,8-9,12H2,1H3,(H3,19,20). The Bertz CT molecular complexity index is 659. The van der Waals surface area contributed by atoms with Crippen LogP contribution in [0.25, 0.3) is 10.8 Å². The molecule has 110 valence electrons. The van der Waals surface area contributed by atoms with Gasteiger partial charge in [0.25, 0.3) is 0 Å². The van der Waals surface area contributed by atoms with Gasteiger partial charge in [-0.05, 0) is 36.8 Å². The molecular weight excluding hydrogens is 258 g/mol. The lowest BCUT2D eigenvalue weighted by molar-refractivity contribution is 0.715. The fraction of sp³-hybridized carbons (Fsp3) is 0.389.